The average molecular weight is 398 g/mol. The molecule has 3 rings (SSSR count). The van der Waals surface area contributed by atoms with Gasteiger partial charge in [0.1, 0.15) is 6.26 Å². The highest BCUT2D eigenvalue weighted by molar-refractivity contribution is 5.94. The summed E-state index contributed by atoms with van der Waals surface area (Å²) in [4.78, 5) is 29.1. The number of nitrogens with one attached hydrogen (secondary N) is 1. The minimum atomic E-state index is -0.0809. The fourth-order valence-electron chi connectivity index (χ4n) is 3.77. The Bertz CT molecular complexity index is 753. The molecule has 2 heterocycles. The van der Waals surface area contributed by atoms with Gasteiger partial charge < -0.3 is 14.6 Å². The van der Waals surface area contributed by atoms with Crippen molar-refractivity contribution in [2.45, 2.75) is 45.2 Å². The molecule has 2 aromatic rings. The molecular weight excluding hydrogens is 366 g/mol. The molecule has 0 bridgehead atoms. The van der Waals surface area contributed by atoms with Crippen LogP contribution in [0.25, 0.3) is 0 Å². The van der Waals surface area contributed by atoms with Crippen LogP contribution in [0.2, 0.25) is 0 Å². The molecule has 0 atom stereocenters. The van der Waals surface area contributed by atoms with E-state index in [9.17, 15) is 9.59 Å². The van der Waals surface area contributed by atoms with Crippen LogP contribution in [0.1, 0.15) is 48.5 Å². The summed E-state index contributed by atoms with van der Waals surface area (Å²) in [5, 5.41) is 3.15. The lowest BCUT2D eigenvalue weighted by Crippen LogP contribution is -2.45. The summed E-state index contributed by atoms with van der Waals surface area (Å²) in [7, 11) is 0. The first kappa shape index (κ1) is 21.1. The maximum atomic E-state index is 12.5. The van der Waals surface area contributed by atoms with Crippen LogP contribution in [-0.2, 0) is 11.3 Å². The van der Waals surface area contributed by atoms with Crippen LogP contribution in [-0.4, -0.2) is 53.8 Å². The maximum absolute atomic E-state index is 12.5. The zero-order valence-corrected chi connectivity index (χ0v) is 17.2. The molecule has 1 saturated heterocycles. The standard InChI is InChI=1S/C23H31N3O3/c1-2-12-26(23(28)20-11-16-29-18-20)15-10-22(27)24-21-8-13-25(14-9-21)17-19-6-4-3-5-7-19/h3-7,11,16,18,21H,2,8-10,12-15,17H2,1H3,(H,24,27). The Morgan fingerprint density at radius 1 is 1.14 bits per heavy atom. The van der Waals surface area contributed by atoms with Gasteiger partial charge in [-0.1, -0.05) is 37.3 Å². The molecule has 2 amide bonds. The van der Waals surface area contributed by atoms with Crippen molar-refractivity contribution in [3.63, 3.8) is 0 Å². The summed E-state index contributed by atoms with van der Waals surface area (Å²) in [6.45, 7) is 6.02. The molecule has 1 N–H and O–H groups in total. The van der Waals surface area contributed by atoms with Gasteiger partial charge in [-0.05, 0) is 30.9 Å². The zero-order valence-electron chi connectivity index (χ0n) is 17.2. The first-order valence-electron chi connectivity index (χ1n) is 10.5. The van der Waals surface area contributed by atoms with Crippen molar-refractivity contribution in [1.29, 1.82) is 0 Å². The molecule has 0 aliphatic carbocycles. The van der Waals surface area contributed by atoms with Crippen LogP contribution in [0.5, 0.6) is 0 Å². The van der Waals surface area contributed by atoms with Gasteiger partial charge in [-0.25, -0.2) is 0 Å². The molecule has 6 heteroatoms. The number of piperidine rings is 1. The van der Waals surface area contributed by atoms with Gasteiger partial charge in [-0.2, -0.15) is 0 Å². The van der Waals surface area contributed by atoms with E-state index in [4.69, 9.17) is 4.42 Å². The molecule has 1 aromatic carbocycles. The number of rotatable bonds is 9. The van der Waals surface area contributed by atoms with Crippen LogP contribution in [0, 0.1) is 0 Å². The molecule has 0 radical (unpaired) electrons. The Morgan fingerprint density at radius 3 is 2.55 bits per heavy atom. The summed E-state index contributed by atoms with van der Waals surface area (Å²) < 4.78 is 5.01. The molecule has 29 heavy (non-hydrogen) atoms. The second kappa shape index (κ2) is 10.8. The van der Waals surface area contributed by atoms with E-state index in [1.54, 1.807) is 11.0 Å². The highest BCUT2D eigenvalue weighted by Gasteiger charge is 2.22. The van der Waals surface area contributed by atoms with E-state index in [-0.39, 0.29) is 17.9 Å². The smallest absolute Gasteiger partial charge is 0.257 e. The Balaban J connectivity index is 1.39. The Kier molecular flexibility index (Phi) is 7.87. The van der Waals surface area contributed by atoms with Gasteiger partial charge >= 0.3 is 0 Å². The Labute approximate surface area is 172 Å². The van der Waals surface area contributed by atoms with Crippen molar-refractivity contribution in [2.24, 2.45) is 0 Å². The number of furan rings is 1. The number of carbonyl (C=O) groups is 2. The summed E-state index contributed by atoms with van der Waals surface area (Å²) in [5.41, 5.74) is 1.86. The van der Waals surface area contributed by atoms with Crippen LogP contribution < -0.4 is 5.32 Å². The highest BCUT2D eigenvalue weighted by atomic mass is 16.3. The summed E-state index contributed by atoms with van der Waals surface area (Å²) in [6.07, 6.45) is 6.05. The quantitative estimate of drug-likeness (QED) is 0.705. The lowest BCUT2D eigenvalue weighted by molar-refractivity contribution is -0.122. The van der Waals surface area contributed by atoms with Gasteiger partial charge in [0.15, 0.2) is 0 Å². The second-order valence-corrected chi connectivity index (χ2v) is 7.66. The number of hydrogen-bond acceptors (Lipinski definition) is 4. The van der Waals surface area contributed by atoms with Crippen molar-refractivity contribution < 1.29 is 14.0 Å². The minimum Gasteiger partial charge on any atom is -0.472 e. The van der Waals surface area contributed by atoms with Crippen molar-refractivity contribution >= 4 is 11.8 Å². The van der Waals surface area contributed by atoms with E-state index in [1.807, 2.05) is 13.0 Å². The summed E-state index contributed by atoms with van der Waals surface area (Å²) >= 11 is 0. The highest BCUT2D eigenvalue weighted by Crippen LogP contribution is 2.14. The predicted molar refractivity (Wildman–Crippen MR) is 112 cm³/mol. The van der Waals surface area contributed by atoms with Crippen molar-refractivity contribution in [3.8, 4) is 0 Å². The maximum Gasteiger partial charge on any atom is 0.257 e. The topological polar surface area (TPSA) is 65.8 Å². The van der Waals surface area contributed by atoms with Crippen LogP contribution >= 0.6 is 0 Å². The summed E-state index contributed by atoms with van der Waals surface area (Å²) in [5.74, 6) is -0.0600. The van der Waals surface area contributed by atoms with E-state index in [2.05, 4.69) is 34.5 Å². The number of nitrogens with zero attached hydrogens (tertiary/aromatic N) is 2. The number of hydrogen-bond donors (Lipinski definition) is 1. The lowest BCUT2D eigenvalue weighted by Gasteiger charge is -2.32. The van der Waals surface area contributed by atoms with E-state index < -0.39 is 0 Å². The van der Waals surface area contributed by atoms with Gasteiger partial charge in [0.25, 0.3) is 5.91 Å². The SMILES string of the molecule is CCCN(CCC(=O)NC1CCN(Cc2ccccc2)CC1)C(=O)c1ccoc1. The molecule has 6 nitrogen and oxygen atoms in total. The lowest BCUT2D eigenvalue weighted by atomic mass is 10.0. The van der Waals surface area contributed by atoms with Gasteiger partial charge in [0, 0.05) is 45.2 Å². The molecule has 0 unspecified atom stereocenters. The summed E-state index contributed by atoms with van der Waals surface area (Å²) in [6, 6.07) is 12.4. The first-order chi connectivity index (χ1) is 14.2. The number of carbonyl (C=O) groups excluding carboxylic acids is 2. The van der Waals surface area contributed by atoms with Crippen LogP contribution in [0.3, 0.4) is 0 Å². The van der Waals surface area contributed by atoms with Crippen molar-refractivity contribution in [1.82, 2.24) is 15.1 Å². The third-order valence-electron chi connectivity index (χ3n) is 5.36. The molecule has 1 aromatic heterocycles. The van der Waals surface area contributed by atoms with Crippen LogP contribution in [0.15, 0.2) is 53.3 Å². The Hall–Kier alpha value is -2.60. The van der Waals surface area contributed by atoms with Crippen molar-refractivity contribution in [3.05, 3.63) is 60.1 Å². The number of benzene rings is 1. The first-order valence-corrected chi connectivity index (χ1v) is 10.5. The van der Waals surface area contributed by atoms with E-state index in [0.29, 0.717) is 25.1 Å². The predicted octanol–water partition coefficient (Wildman–Crippen LogP) is 3.30. The molecule has 1 aliphatic rings. The second-order valence-electron chi connectivity index (χ2n) is 7.66. The largest absolute Gasteiger partial charge is 0.472 e. The third kappa shape index (κ3) is 6.46. The third-order valence-corrected chi connectivity index (χ3v) is 5.36. The Morgan fingerprint density at radius 2 is 1.90 bits per heavy atom. The molecule has 1 aliphatic heterocycles. The fraction of sp³-hybridized carbons (Fsp3) is 0.478. The van der Waals surface area contributed by atoms with Crippen LogP contribution in [0.4, 0.5) is 0 Å². The van der Waals surface area contributed by atoms with E-state index >= 15 is 0 Å². The monoisotopic (exact) mass is 397 g/mol. The van der Waals surface area contributed by atoms with Gasteiger partial charge in [0.2, 0.25) is 5.91 Å². The van der Waals surface area contributed by atoms with Crippen molar-refractivity contribution in [2.75, 3.05) is 26.2 Å². The minimum absolute atomic E-state index is 0.0209. The van der Waals surface area contributed by atoms with Gasteiger partial charge in [-0.15, -0.1) is 0 Å². The molecule has 1 fully saturated rings. The molecule has 0 saturated carbocycles. The fourth-order valence-corrected chi connectivity index (χ4v) is 3.77. The molecular formula is C23H31N3O3. The zero-order chi connectivity index (χ0) is 20.5. The number of likely N-dealkylation sites (tertiary alicyclic amines) is 1. The normalized spacial score (nSPS) is 15.2. The molecule has 156 valence electrons. The van der Waals surface area contributed by atoms with Gasteiger partial charge in [-0.3, -0.25) is 14.5 Å². The number of amides is 2. The average Bonchev–Trinajstić information content (AvgIpc) is 3.28. The van der Waals surface area contributed by atoms with Gasteiger partial charge in [0.05, 0.1) is 11.8 Å². The molecule has 0 spiro atoms. The van der Waals surface area contributed by atoms with E-state index in [1.165, 1.54) is 18.1 Å². The van der Waals surface area contributed by atoms with E-state index in [0.717, 1.165) is 38.9 Å².